The molecule has 2 aliphatic rings. The predicted octanol–water partition coefficient (Wildman–Crippen LogP) is 2.60. The minimum absolute atomic E-state index is 0.150. The average molecular weight is 575 g/mol. The van der Waals surface area contributed by atoms with Crippen LogP contribution in [0.1, 0.15) is 51.3 Å². The fourth-order valence-corrected chi connectivity index (χ4v) is 3.90. The maximum Gasteiger partial charge on any atom is 0.490 e. The standard InChI is InChI=1S/C18H30N6O.2C2HF3O2/c1-3-14(2)11-22-9-6-16(7-10-22)24-13-15(20-21-24)12-23-8-4-5-17(23)18(19)25;2*3-2(4,5)1(6)7/h3,13,16-17H,4-12H2,1-2H3,(H2,19,25);2*(H,6,7)/t17-;;/m0../s1. The van der Waals surface area contributed by atoms with Crippen LogP contribution in [0.15, 0.2) is 17.8 Å². The van der Waals surface area contributed by atoms with Crippen molar-refractivity contribution < 1.29 is 50.9 Å². The number of aromatic nitrogens is 3. The van der Waals surface area contributed by atoms with Gasteiger partial charge in [-0.2, -0.15) is 26.3 Å². The second kappa shape index (κ2) is 14.8. The van der Waals surface area contributed by atoms with Gasteiger partial charge in [-0.25, -0.2) is 14.3 Å². The summed E-state index contributed by atoms with van der Waals surface area (Å²) < 4.78 is 65.5. The van der Waals surface area contributed by atoms with Crippen LogP contribution in [-0.4, -0.2) is 97.4 Å². The van der Waals surface area contributed by atoms with Crippen LogP contribution in [-0.2, 0) is 20.9 Å². The zero-order valence-corrected chi connectivity index (χ0v) is 21.4. The molecule has 1 atom stereocenters. The summed E-state index contributed by atoms with van der Waals surface area (Å²) in [5.74, 6) is -5.74. The van der Waals surface area contributed by atoms with Crippen molar-refractivity contribution in [2.75, 3.05) is 26.2 Å². The third-order valence-corrected chi connectivity index (χ3v) is 6.00. The Morgan fingerprint density at radius 3 is 1.97 bits per heavy atom. The van der Waals surface area contributed by atoms with Crippen LogP contribution in [0.4, 0.5) is 26.3 Å². The minimum Gasteiger partial charge on any atom is -0.475 e. The molecule has 222 valence electrons. The molecule has 2 saturated heterocycles. The largest absolute Gasteiger partial charge is 0.490 e. The highest BCUT2D eigenvalue weighted by Gasteiger charge is 2.39. The maximum absolute atomic E-state index is 11.5. The molecule has 0 aliphatic carbocycles. The summed E-state index contributed by atoms with van der Waals surface area (Å²) >= 11 is 0. The first kappa shape index (κ1) is 33.8. The van der Waals surface area contributed by atoms with Crippen molar-refractivity contribution in [1.82, 2.24) is 24.8 Å². The molecule has 3 rings (SSSR count). The number of piperidine rings is 1. The Kier molecular flexibility index (Phi) is 12.8. The molecule has 17 heteroatoms. The van der Waals surface area contributed by atoms with E-state index < -0.39 is 24.3 Å². The number of alkyl halides is 6. The minimum atomic E-state index is -5.08. The van der Waals surface area contributed by atoms with E-state index in [1.807, 2.05) is 10.9 Å². The highest BCUT2D eigenvalue weighted by Crippen LogP contribution is 2.24. The lowest BCUT2D eigenvalue weighted by molar-refractivity contribution is -0.193. The van der Waals surface area contributed by atoms with Gasteiger partial charge >= 0.3 is 24.3 Å². The van der Waals surface area contributed by atoms with E-state index >= 15 is 0 Å². The van der Waals surface area contributed by atoms with E-state index in [2.05, 4.69) is 40.0 Å². The molecule has 4 N–H and O–H groups in total. The molecular weight excluding hydrogens is 542 g/mol. The second-order valence-electron chi connectivity index (χ2n) is 8.97. The maximum atomic E-state index is 11.5. The molecular formula is C22H32F6N6O5. The smallest absolute Gasteiger partial charge is 0.475 e. The zero-order valence-electron chi connectivity index (χ0n) is 21.4. The summed E-state index contributed by atoms with van der Waals surface area (Å²) in [6, 6.07) is 0.275. The summed E-state index contributed by atoms with van der Waals surface area (Å²) in [7, 11) is 0. The number of hydrogen-bond donors (Lipinski definition) is 3. The normalized spacial score (nSPS) is 19.5. The molecule has 2 aliphatic heterocycles. The first-order valence-corrected chi connectivity index (χ1v) is 11.8. The Balaban J connectivity index is 0.000000449. The van der Waals surface area contributed by atoms with Gasteiger partial charge in [-0.3, -0.25) is 14.6 Å². The second-order valence-corrected chi connectivity index (χ2v) is 8.97. The highest BCUT2D eigenvalue weighted by atomic mass is 19.4. The summed E-state index contributed by atoms with van der Waals surface area (Å²) in [4.78, 5) is 33.9. The molecule has 0 saturated carbocycles. The molecule has 0 aromatic carbocycles. The molecule has 0 bridgehead atoms. The van der Waals surface area contributed by atoms with Crippen LogP contribution < -0.4 is 5.73 Å². The number of likely N-dealkylation sites (tertiary alicyclic amines) is 2. The van der Waals surface area contributed by atoms with Crippen molar-refractivity contribution in [3.05, 3.63) is 23.5 Å². The average Bonchev–Trinajstić information content (AvgIpc) is 3.49. The number of halogens is 6. The summed E-state index contributed by atoms with van der Waals surface area (Å²) in [5, 5.41) is 22.9. The van der Waals surface area contributed by atoms with Gasteiger partial charge in [0.15, 0.2) is 0 Å². The first-order valence-electron chi connectivity index (χ1n) is 11.8. The number of primary amides is 1. The van der Waals surface area contributed by atoms with Gasteiger partial charge in [-0.1, -0.05) is 16.9 Å². The zero-order chi connectivity index (χ0) is 30.0. The number of amides is 1. The van der Waals surface area contributed by atoms with E-state index in [0.29, 0.717) is 12.6 Å². The molecule has 3 heterocycles. The third-order valence-electron chi connectivity index (χ3n) is 6.00. The van der Waals surface area contributed by atoms with E-state index in [4.69, 9.17) is 25.5 Å². The lowest BCUT2D eigenvalue weighted by atomic mass is 10.0. The fraction of sp³-hybridized carbons (Fsp3) is 0.682. The van der Waals surface area contributed by atoms with Gasteiger partial charge in [0.25, 0.3) is 0 Å². The topological polar surface area (TPSA) is 155 Å². The molecule has 11 nitrogen and oxygen atoms in total. The van der Waals surface area contributed by atoms with Crippen LogP contribution in [0.3, 0.4) is 0 Å². The number of rotatable bonds is 6. The van der Waals surface area contributed by atoms with Crippen LogP contribution in [0.5, 0.6) is 0 Å². The van der Waals surface area contributed by atoms with Crippen molar-refractivity contribution in [3.63, 3.8) is 0 Å². The molecule has 1 amide bonds. The molecule has 0 spiro atoms. The van der Waals surface area contributed by atoms with Crippen molar-refractivity contribution in [1.29, 1.82) is 0 Å². The number of aliphatic carboxylic acids is 2. The molecule has 0 radical (unpaired) electrons. The van der Waals surface area contributed by atoms with Gasteiger partial charge in [-0.05, 0) is 46.1 Å². The van der Waals surface area contributed by atoms with Gasteiger partial charge in [-0.15, -0.1) is 5.10 Å². The van der Waals surface area contributed by atoms with Gasteiger partial charge < -0.3 is 15.9 Å². The Morgan fingerprint density at radius 1 is 1.03 bits per heavy atom. The Bertz CT molecular complexity index is 965. The Hall–Kier alpha value is -3.21. The quantitative estimate of drug-likeness (QED) is 0.344. The fourth-order valence-electron chi connectivity index (χ4n) is 3.90. The Labute approximate surface area is 220 Å². The number of carbonyl (C=O) groups excluding carboxylic acids is 1. The molecule has 2 fully saturated rings. The van der Waals surface area contributed by atoms with Crippen molar-refractivity contribution in [3.8, 4) is 0 Å². The molecule has 1 aromatic heterocycles. The number of nitrogens with two attached hydrogens (primary N) is 1. The summed E-state index contributed by atoms with van der Waals surface area (Å²) in [5.41, 5.74) is 7.85. The number of carboxylic acids is 2. The van der Waals surface area contributed by atoms with Gasteiger partial charge in [0.2, 0.25) is 5.91 Å². The van der Waals surface area contributed by atoms with Crippen LogP contribution in [0.2, 0.25) is 0 Å². The van der Waals surface area contributed by atoms with Gasteiger partial charge in [0.05, 0.1) is 24.0 Å². The van der Waals surface area contributed by atoms with Crippen molar-refractivity contribution in [2.24, 2.45) is 5.73 Å². The number of allylic oxidation sites excluding steroid dienone is 1. The lowest BCUT2D eigenvalue weighted by Gasteiger charge is -2.31. The van der Waals surface area contributed by atoms with E-state index in [0.717, 1.165) is 57.6 Å². The third kappa shape index (κ3) is 12.0. The van der Waals surface area contributed by atoms with E-state index in [9.17, 15) is 31.1 Å². The van der Waals surface area contributed by atoms with E-state index in [1.165, 1.54) is 5.57 Å². The van der Waals surface area contributed by atoms with E-state index in [-0.39, 0.29) is 11.9 Å². The number of hydrogen-bond acceptors (Lipinski definition) is 7. The molecule has 1 aromatic rings. The number of carboxylic acid groups (broad SMARTS) is 2. The van der Waals surface area contributed by atoms with Crippen LogP contribution in [0, 0.1) is 0 Å². The Morgan fingerprint density at radius 2 is 1.54 bits per heavy atom. The molecule has 0 unspecified atom stereocenters. The first-order chi connectivity index (χ1) is 17.9. The number of nitrogens with zero attached hydrogens (tertiary/aromatic N) is 5. The van der Waals surface area contributed by atoms with Crippen molar-refractivity contribution in [2.45, 2.75) is 70.5 Å². The molecule has 39 heavy (non-hydrogen) atoms. The van der Waals surface area contributed by atoms with Crippen LogP contribution >= 0.6 is 0 Å². The van der Waals surface area contributed by atoms with Crippen molar-refractivity contribution >= 4 is 17.8 Å². The highest BCUT2D eigenvalue weighted by molar-refractivity contribution is 5.80. The van der Waals surface area contributed by atoms with Crippen LogP contribution in [0.25, 0.3) is 0 Å². The summed E-state index contributed by atoms with van der Waals surface area (Å²) in [6.07, 6.45) is -1.85. The van der Waals surface area contributed by atoms with Gasteiger partial charge in [0.1, 0.15) is 0 Å². The number of carbonyl (C=O) groups is 3. The lowest BCUT2D eigenvalue weighted by Crippen LogP contribution is -2.39. The van der Waals surface area contributed by atoms with Gasteiger partial charge in [0, 0.05) is 26.2 Å². The predicted molar refractivity (Wildman–Crippen MR) is 124 cm³/mol. The van der Waals surface area contributed by atoms with E-state index in [1.54, 1.807) is 0 Å². The SMILES string of the molecule is CC=C(C)CN1CCC(n2cc(CN3CCC[C@H]3C(N)=O)nn2)CC1.O=C(O)C(F)(F)F.O=C(O)C(F)(F)F. The summed E-state index contributed by atoms with van der Waals surface area (Å²) in [6.45, 7) is 9.11. The monoisotopic (exact) mass is 574 g/mol.